The summed E-state index contributed by atoms with van der Waals surface area (Å²) in [6, 6.07) is 19.8. The van der Waals surface area contributed by atoms with E-state index in [9.17, 15) is 9.59 Å². The van der Waals surface area contributed by atoms with Crippen molar-refractivity contribution in [2.45, 2.75) is 12.5 Å². The molecule has 3 aromatic carbocycles. The molecule has 11 heteroatoms. The molecule has 0 spiro atoms. The molecule has 0 bridgehead atoms. The number of carbonyl (C=O) groups excluding carboxylic acids is 2. The van der Waals surface area contributed by atoms with Gasteiger partial charge in [0.15, 0.2) is 11.5 Å². The third kappa shape index (κ3) is 6.46. The number of ether oxygens (including phenoxy) is 4. The first-order valence-corrected chi connectivity index (χ1v) is 14.7. The summed E-state index contributed by atoms with van der Waals surface area (Å²) in [4.78, 5) is 31.7. The Bertz CT molecular complexity index is 1530. The number of fused-ring (bicyclic) bond motifs is 1. The van der Waals surface area contributed by atoms with Crippen LogP contribution in [0.4, 0.5) is 0 Å². The van der Waals surface area contributed by atoms with Gasteiger partial charge < -0.3 is 23.8 Å². The maximum Gasteiger partial charge on any atom is 0.262 e. The van der Waals surface area contributed by atoms with E-state index >= 15 is 0 Å². The number of amides is 2. The summed E-state index contributed by atoms with van der Waals surface area (Å²) in [6.45, 7) is 3.78. The molecule has 0 saturated carbocycles. The zero-order chi connectivity index (χ0) is 29.8. The van der Waals surface area contributed by atoms with Crippen molar-refractivity contribution in [3.05, 3.63) is 88.4 Å². The number of hydrogen-bond donors (Lipinski definition) is 0. The minimum absolute atomic E-state index is 0.153. The topological polar surface area (TPSA) is 93.1 Å². The molecule has 2 amide bonds. The van der Waals surface area contributed by atoms with E-state index < -0.39 is 6.04 Å². The van der Waals surface area contributed by atoms with E-state index in [0.717, 1.165) is 29.9 Å². The van der Waals surface area contributed by atoms with Crippen LogP contribution in [0.2, 0.25) is 5.02 Å². The average molecular weight is 605 g/mol. The molecule has 1 fully saturated rings. The van der Waals surface area contributed by atoms with E-state index in [-0.39, 0.29) is 25.2 Å². The van der Waals surface area contributed by atoms with Crippen molar-refractivity contribution in [2.75, 3.05) is 59.8 Å². The monoisotopic (exact) mass is 604 g/mol. The quantitative estimate of drug-likeness (QED) is 0.361. The highest BCUT2D eigenvalue weighted by Crippen LogP contribution is 2.39. The molecule has 3 aromatic rings. The molecule has 3 heterocycles. The fraction of sp³-hybridized carbons (Fsp3) is 0.344. The van der Waals surface area contributed by atoms with Crippen LogP contribution in [0.25, 0.3) is 0 Å². The number of carbonyl (C=O) groups is 2. The van der Waals surface area contributed by atoms with Crippen molar-refractivity contribution >= 4 is 29.1 Å². The number of hydrogen-bond acceptors (Lipinski definition) is 8. The van der Waals surface area contributed by atoms with Crippen LogP contribution in [0, 0.1) is 0 Å². The van der Waals surface area contributed by atoms with E-state index in [1.807, 2.05) is 42.5 Å². The predicted molar refractivity (Wildman–Crippen MR) is 161 cm³/mol. The highest BCUT2D eigenvalue weighted by molar-refractivity contribution is 6.33. The number of hydrazone groups is 1. The lowest BCUT2D eigenvalue weighted by molar-refractivity contribution is -0.133. The van der Waals surface area contributed by atoms with Gasteiger partial charge in [0.1, 0.15) is 12.3 Å². The number of methoxy groups -OCH3 is 1. The minimum atomic E-state index is -0.403. The first kappa shape index (κ1) is 29.0. The molecular weight excluding hydrogens is 572 g/mol. The fourth-order valence-corrected chi connectivity index (χ4v) is 5.69. The summed E-state index contributed by atoms with van der Waals surface area (Å²) in [7, 11) is 1.61. The molecular formula is C32H33ClN4O6. The van der Waals surface area contributed by atoms with Gasteiger partial charge in [0.05, 0.1) is 42.7 Å². The Hall–Kier alpha value is -4.12. The van der Waals surface area contributed by atoms with Gasteiger partial charge in [-0.1, -0.05) is 41.9 Å². The van der Waals surface area contributed by atoms with Gasteiger partial charge in [-0.2, -0.15) is 5.10 Å². The Morgan fingerprint density at radius 2 is 1.84 bits per heavy atom. The standard InChI is InChI=1S/C32H33ClN4O6/c1-40-24-6-4-5-22(17-24)27-19-28(23-9-10-29-30(18-23)43-21-42-29)37(34-27)31(38)20-36(12-11-35-13-15-41-16-14-35)32(39)25-7-2-3-8-26(25)33/h2-10,17-18,28H,11-16,19-21H2,1H3/t28-/m0/s1. The Kier molecular flexibility index (Phi) is 8.78. The summed E-state index contributed by atoms with van der Waals surface area (Å²) < 4.78 is 22.0. The van der Waals surface area contributed by atoms with Crippen LogP contribution in [0.15, 0.2) is 71.8 Å². The predicted octanol–water partition coefficient (Wildman–Crippen LogP) is 4.23. The summed E-state index contributed by atoms with van der Waals surface area (Å²) in [5.74, 6) is 1.38. The average Bonchev–Trinajstić information content (AvgIpc) is 3.71. The van der Waals surface area contributed by atoms with Crippen molar-refractivity contribution in [3.8, 4) is 17.2 Å². The number of halogens is 1. The van der Waals surface area contributed by atoms with E-state index in [2.05, 4.69) is 4.90 Å². The minimum Gasteiger partial charge on any atom is -0.497 e. The van der Waals surface area contributed by atoms with Gasteiger partial charge in [-0.15, -0.1) is 0 Å². The van der Waals surface area contributed by atoms with Crippen LogP contribution in [0.5, 0.6) is 17.2 Å². The molecule has 10 nitrogen and oxygen atoms in total. The van der Waals surface area contributed by atoms with E-state index in [0.29, 0.717) is 60.6 Å². The number of morpholine rings is 1. The second kappa shape index (κ2) is 13.0. The van der Waals surface area contributed by atoms with Crippen molar-refractivity contribution < 1.29 is 28.5 Å². The molecule has 6 rings (SSSR count). The second-order valence-electron chi connectivity index (χ2n) is 10.5. The SMILES string of the molecule is COc1cccc(C2=NN(C(=O)CN(CCN3CCOCC3)C(=O)c3ccccc3Cl)[C@H](c3ccc4c(c3)OCO4)C2)c1. The van der Waals surface area contributed by atoms with Crippen LogP contribution in [-0.2, 0) is 9.53 Å². The van der Waals surface area contributed by atoms with Crippen molar-refractivity contribution in [2.24, 2.45) is 5.10 Å². The van der Waals surface area contributed by atoms with Gasteiger partial charge in [0, 0.05) is 38.2 Å². The molecule has 43 heavy (non-hydrogen) atoms. The van der Waals surface area contributed by atoms with Crippen molar-refractivity contribution in [3.63, 3.8) is 0 Å². The van der Waals surface area contributed by atoms with Crippen molar-refractivity contribution in [1.29, 1.82) is 0 Å². The highest BCUT2D eigenvalue weighted by atomic mass is 35.5. The number of rotatable bonds is 9. The fourth-order valence-electron chi connectivity index (χ4n) is 5.48. The summed E-state index contributed by atoms with van der Waals surface area (Å²) in [5.41, 5.74) is 2.81. The Labute approximate surface area is 255 Å². The Morgan fingerprint density at radius 1 is 1.02 bits per heavy atom. The van der Waals surface area contributed by atoms with E-state index in [1.54, 1.807) is 36.3 Å². The number of benzene rings is 3. The van der Waals surface area contributed by atoms with Gasteiger partial charge in [0.25, 0.3) is 11.8 Å². The van der Waals surface area contributed by atoms with Crippen LogP contribution < -0.4 is 14.2 Å². The highest BCUT2D eigenvalue weighted by Gasteiger charge is 2.36. The Balaban J connectivity index is 1.29. The molecule has 0 N–H and O–H groups in total. The first-order chi connectivity index (χ1) is 21.0. The maximum absolute atomic E-state index is 14.1. The number of nitrogens with zero attached hydrogens (tertiary/aromatic N) is 4. The van der Waals surface area contributed by atoms with Crippen LogP contribution in [0.3, 0.4) is 0 Å². The molecule has 3 aliphatic heterocycles. The van der Waals surface area contributed by atoms with Crippen LogP contribution in [0.1, 0.15) is 33.9 Å². The lowest BCUT2D eigenvalue weighted by atomic mass is 9.98. The van der Waals surface area contributed by atoms with Gasteiger partial charge in [0.2, 0.25) is 6.79 Å². The van der Waals surface area contributed by atoms with Gasteiger partial charge in [-0.3, -0.25) is 14.5 Å². The molecule has 0 unspecified atom stereocenters. The summed E-state index contributed by atoms with van der Waals surface area (Å²) >= 11 is 6.41. The second-order valence-corrected chi connectivity index (χ2v) is 10.9. The Morgan fingerprint density at radius 3 is 2.65 bits per heavy atom. The summed E-state index contributed by atoms with van der Waals surface area (Å²) in [5, 5.41) is 6.66. The zero-order valence-electron chi connectivity index (χ0n) is 23.9. The van der Waals surface area contributed by atoms with Gasteiger partial charge in [-0.25, -0.2) is 5.01 Å². The van der Waals surface area contributed by atoms with E-state index in [4.69, 9.17) is 35.6 Å². The van der Waals surface area contributed by atoms with Gasteiger partial charge >= 0.3 is 0 Å². The molecule has 0 aromatic heterocycles. The molecule has 224 valence electrons. The molecule has 1 saturated heterocycles. The third-order valence-corrected chi connectivity index (χ3v) is 8.19. The zero-order valence-corrected chi connectivity index (χ0v) is 24.7. The molecule has 0 radical (unpaired) electrons. The van der Waals surface area contributed by atoms with E-state index in [1.165, 1.54) is 5.01 Å². The molecule has 3 aliphatic rings. The first-order valence-electron chi connectivity index (χ1n) is 14.3. The molecule has 1 atom stereocenters. The lowest BCUT2D eigenvalue weighted by Crippen LogP contribution is -2.46. The normalized spacial score (nSPS) is 18.0. The molecule has 0 aliphatic carbocycles. The van der Waals surface area contributed by atoms with Gasteiger partial charge in [-0.05, 0) is 42.0 Å². The van der Waals surface area contributed by atoms with Crippen LogP contribution >= 0.6 is 11.6 Å². The third-order valence-electron chi connectivity index (χ3n) is 7.86. The smallest absolute Gasteiger partial charge is 0.262 e. The lowest BCUT2D eigenvalue weighted by Gasteiger charge is -2.31. The maximum atomic E-state index is 14.1. The van der Waals surface area contributed by atoms with Crippen molar-refractivity contribution in [1.82, 2.24) is 14.8 Å². The van der Waals surface area contributed by atoms with Crippen LogP contribution in [-0.4, -0.2) is 92.2 Å². The largest absolute Gasteiger partial charge is 0.497 e. The summed E-state index contributed by atoms with van der Waals surface area (Å²) in [6.07, 6.45) is 0.477.